The van der Waals surface area contributed by atoms with Crippen LogP contribution >= 0.6 is 0 Å². The maximum absolute atomic E-state index is 12.3. The van der Waals surface area contributed by atoms with Crippen LogP contribution in [0.1, 0.15) is 62.0 Å². The summed E-state index contributed by atoms with van der Waals surface area (Å²) in [6, 6.07) is 0.0401. The average molecular weight is 335 g/mol. The lowest BCUT2D eigenvalue weighted by Crippen LogP contribution is -2.42. The Hall–Kier alpha value is -1.69. The molecule has 6 heteroatoms. The van der Waals surface area contributed by atoms with Gasteiger partial charge in [0.05, 0.1) is 0 Å². The molecule has 0 spiro atoms. The van der Waals surface area contributed by atoms with Crippen LogP contribution < -0.4 is 10.9 Å². The maximum atomic E-state index is 12.3. The van der Waals surface area contributed by atoms with E-state index in [-0.39, 0.29) is 30.5 Å². The summed E-state index contributed by atoms with van der Waals surface area (Å²) in [4.78, 5) is 31.2. The van der Waals surface area contributed by atoms with E-state index >= 15 is 0 Å². The standard InChI is InChI=1S/C18H29N3O3/c1-12-15(18(24)20-13(2)19-12)8-9-17(23)21-16(10-11-22)14-6-4-3-5-7-14/h14,16,22H,3-11H2,1-2H3,(H,21,23)(H,19,20,24). The molecule has 0 saturated heterocycles. The maximum Gasteiger partial charge on any atom is 0.254 e. The third-order valence-corrected chi connectivity index (χ3v) is 4.95. The number of rotatable bonds is 7. The van der Waals surface area contributed by atoms with Gasteiger partial charge in [0.1, 0.15) is 5.82 Å². The third kappa shape index (κ3) is 5.16. The summed E-state index contributed by atoms with van der Waals surface area (Å²) in [5.41, 5.74) is 1.10. The number of aliphatic hydroxyl groups excluding tert-OH is 1. The highest BCUT2D eigenvalue weighted by molar-refractivity contribution is 5.76. The molecular formula is C18H29N3O3. The number of aromatic nitrogens is 2. The molecule has 1 unspecified atom stereocenters. The van der Waals surface area contributed by atoms with Gasteiger partial charge in [-0.1, -0.05) is 19.3 Å². The van der Waals surface area contributed by atoms with Crippen LogP contribution in [0.15, 0.2) is 4.79 Å². The smallest absolute Gasteiger partial charge is 0.254 e. The first-order valence-electron chi connectivity index (χ1n) is 8.98. The first kappa shape index (κ1) is 18.6. The summed E-state index contributed by atoms with van der Waals surface area (Å²) in [5.74, 6) is 0.991. The number of nitrogens with one attached hydrogen (secondary N) is 2. The van der Waals surface area contributed by atoms with E-state index in [4.69, 9.17) is 0 Å². The zero-order chi connectivity index (χ0) is 17.5. The molecule has 6 nitrogen and oxygen atoms in total. The Balaban J connectivity index is 1.92. The molecule has 1 aliphatic carbocycles. The molecule has 3 N–H and O–H groups in total. The Morgan fingerprint density at radius 1 is 1.33 bits per heavy atom. The first-order valence-corrected chi connectivity index (χ1v) is 8.98. The minimum atomic E-state index is -0.160. The van der Waals surface area contributed by atoms with Gasteiger partial charge in [0, 0.05) is 30.3 Å². The molecule has 1 fully saturated rings. The highest BCUT2D eigenvalue weighted by Gasteiger charge is 2.24. The van der Waals surface area contributed by atoms with E-state index < -0.39 is 0 Å². The average Bonchev–Trinajstić information content (AvgIpc) is 2.54. The van der Waals surface area contributed by atoms with E-state index in [0.717, 1.165) is 12.8 Å². The van der Waals surface area contributed by atoms with Crippen molar-refractivity contribution in [3.8, 4) is 0 Å². The highest BCUT2D eigenvalue weighted by Crippen LogP contribution is 2.27. The number of hydrogen-bond donors (Lipinski definition) is 3. The molecule has 24 heavy (non-hydrogen) atoms. The first-order chi connectivity index (χ1) is 11.5. The van der Waals surface area contributed by atoms with Gasteiger partial charge >= 0.3 is 0 Å². The van der Waals surface area contributed by atoms with Gasteiger partial charge in [0.2, 0.25) is 5.91 Å². The predicted octanol–water partition coefficient (Wildman–Crippen LogP) is 1.77. The zero-order valence-electron chi connectivity index (χ0n) is 14.7. The Kier molecular flexibility index (Phi) is 6.97. The number of H-pyrrole nitrogens is 1. The second kappa shape index (κ2) is 8.97. The molecule has 1 aromatic heterocycles. The van der Waals surface area contributed by atoms with Gasteiger partial charge in [-0.15, -0.1) is 0 Å². The van der Waals surface area contributed by atoms with Crippen LogP contribution in [0.25, 0.3) is 0 Å². The number of carbonyl (C=O) groups is 1. The molecule has 1 aliphatic rings. The van der Waals surface area contributed by atoms with E-state index in [9.17, 15) is 14.7 Å². The van der Waals surface area contributed by atoms with Gasteiger partial charge < -0.3 is 15.4 Å². The SMILES string of the molecule is Cc1nc(C)c(CCC(=O)NC(CCO)C2CCCCC2)c(=O)[nH]1. The molecule has 0 radical (unpaired) electrons. The van der Waals surface area contributed by atoms with Gasteiger partial charge in [0.25, 0.3) is 5.56 Å². The van der Waals surface area contributed by atoms with E-state index in [1.165, 1.54) is 19.3 Å². The number of amides is 1. The van der Waals surface area contributed by atoms with E-state index in [0.29, 0.717) is 35.8 Å². The molecule has 1 atom stereocenters. The summed E-state index contributed by atoms with van der Waals surface area (Å²) in [7, 11) is 0. The fraction of sp³-hybridized carbons (Fsp3) is 0.722. The number of aryl methyl sites for hydroxylation is 2. The van der Waals surface area contributed by atoms with Crippen LogP contribution in [-0.4, -0.2) is 33.6 Å². The minimum absolute atomic E-state index is 0.0401. The quantitative estimate of drug-likeness (QED) is 0.707. The van der Waals surface area contributed by atoms with E-state index in [1.54, 1.807) is 13.8 Å². The third-order valence-electron chi connectivity index (χ3n) is 4.95. The van der Waals surface area contributed by atoms with Crippen molar-refractivity contribution in [2.24, 2.45) is 5.92 Å². The Morgan fingerprint density at radius 3 is 2.67 bits per heavy atom. The molecule has 1 aromatic rings. The number of aliphatic hydroxyl groups is 1. The summed E-state index contributed by atoms with van der Waals surface area (Å²) in [6.45, 7) is 3.63. The van der Waals surface area contributed by atoms with Gasteiger partial charge in [-0.2, -0.15) is 0 Å². The zero-order valence-corrected chi connectivity index (χ0v) is 14.7. The van der Waals surface area contributed by atoms with Crippen molar-refractivity contribution in [3.05, 3.63) is 27.4 Å². The number of aromatic amines is 1. The molecule has 1 amide bonds. The molecule has 0 bridgehead atoms. The van der Waals surface area contributed by atoms with Crippen LogP contribution in [-0.2, 0) is 11.2 Å². The van der Waals surface area contributed by atoms with Crippen molar-refractivity contribution in [1.82, 2.24) is 15.3 Å². The number of hydrogen-bond acceptors (Lipinski definition) is 4. The predicted molar refractivity (Wildman–Crippen MR) is 92.9 cm³/mol. The van der Waals surface area contributed by atoms with Crippen molar-refractivity contribution in [2.75, 3.05) is 6.61 Å². The second-order valence-electron chi connectivity index (χ2n) is 6.80. The van der Waals surface area contributed by atoms with E-state index in [2.05, 4.69) is 15.3 Å². The normalized spacial score (nSPS) is 16.8. The van der Waals surface area contributed by atoms with Crippen molar-refractivity contribution in [3.63, 3.8) is 0 Å². The lowest BCUT2D eigenvalue weighted by molar-refractivity contribution is -0.122. The summed E-state index contributed by atoms with van der Waals surface area (Å²) in [6.07, 6.45) is 7.15. The van der Waals surface area contributed by atoms with Crippen molar-refractivity contribution >= 4 is 5.91 Å². The Bertz CT molecular complexity index is 606. The molecular weight excluding hydrogens is 306 g/mol. The summed E-state index contributed by atoms with van der Waals surface area (Å²) in [5, 5.41) is 12.4. The Morgan fingerprint density at radius 2 is 2.04 bits per heavy atom. The fourth-order valence-corrected chi connectivity index (χ4v) is 3.66. The molecule has 0 aliphatic heterocycles. The summed E-state index contributed by atoms with van der Waals surface area (Å²) < 4.78 is 0. The summed E-state index contributed by atoms with van der Waals surface area (Å²) >= 11 is 0. The minimum Gasteiger partial charge on any atom is -0.396 e. The fourth-order valence-electron chi connectivity index (χ4n) is 3.66. The second-order valence-corrected chi connectivity index (χ2v) is 6.80. The van der Waals surface area contributed by atoms with Gasteiger partial charge in [0.15, 0.2) is 0 Å². The topological polar surface area (TPSA) is 95.1 Å². The largest absolute Gasteiger partial charge is 0.396 e. The van der Waals surface area contributed by atoms with Crippen molar-refractivity contribution < 1.29 is 9.90 Å². The van der Waals surface area contributed by atoms with Crippen LogP contribution in [0.5, 0.6) is 0 Å². The molecule has 0 aromatic carbocycles. The van der Waals surface area contributed by atoms with Gasteiger partial charge in [-0.3, -0.25) is 9.59 Å². The Labute approximate surface area is 143 Å². The van der Waals surface area contributed by atoms with Gasteiger partial charge in [-0.25, -0.2) is 4.98 Å². The van der Waals surface area contributed by atoms with Crippen molar-refractivity contribution in [1.29, 1.82) is 0 Å². The number of carbonyl (C=O) groups excluding carboxylic acids is 1. The lowest BCUT2D eigenvalue weighted by Gasteiger charge is -2.30. The molecule has 134 valence electrons. The van der Waals surface area contributed by atoms with Gasteiger partial charge in [-0.05, 0) is 45.4 Å². The molecule has 1 saturated carbocycles. The monoisotopic (exact) mass is 335 g/mol. The number of nitrogens with zero attached hydrogens (tertiary/aromatic N) is 1. The molecule has 1 heterocycles. The van der Waals surface area contributed by atoms with Crippen LogP contribution in [0.4, 0.5) is 0 Å². The van der Waals surface area contributed by atoms with Crippen molar-refractivity contribution in [2.45, 2.75) is 71.3 Å². The molecule has 2 rings (SSSR count). The van der Waals surface area contributed by atoms with Crippen LogP contribution in [0, 0.1) is 19.8 Å². The highest BCUT2D eigenvalue weighted by atomic mass is 16.3. The van der Waals surface area contributed by atoms with Crippen LogP contribution in [0.3, 0.4) is 0 Å². The van der Waals surface area contributed by atoms with Crippen LogP contribution in [0.2, 0.25) is 0 Å². The lowest BCUT2D eigenvalue weighted by atomic mass is 9.82. The van der Waals surface area contributed by atoms with E-state index in [1.807, 2.05) is 0 Å².